The molecule has 1 aromatic carbocycles. The number of ether oxygens (including phenoxy) is 1. The van der Waals surface area contributed by atoms with Crippen molar-refractivity contribution < 1.29 is 9.53 Å². The van der Waals surface area contributed by atoms with Crippen LogP contribution in [0, 0.1) is 0 Å². The molecule has 3 aromatic rings. The van der Waals surface area contributed by atoms with Crippen molar-refractivity contribution in [3.63, 3.8) is 0 Å². The molecular formula is C18H16ClN3O2S. The van der Waals surface area contributed by atoms with Crippen molar-refractivity contribution in [3.05, 3.63) is 63.9 Å². The van der Waals surface area contributed by atoms with E-state index in [4.69, 9.17) is 16.3 Å². The Morgan fingerprint density at radius 1 is 1.28 bits per heavy atom. The Labute approximate surface area is 154 Å². The predicted molar refractivity (Wildman–Crippen MR) is 102 cm³/mol. The third kappa shape index (κ3) is 4.71. The van der Waals surface area contributed by atoms with E-state index in [1.54, 1.807) is 55.0 Å². The molecule has 0 saturated carbocycles. The second-order valence-corrected chi connectivity index (χ2v) is 6.67. The van der Waals surface area contributed by atoms with E-state index in [9.17, 15) is 4.79 Å². The summed E-state index contributed by atoms with van der Waals surface area (Å²) in [6.07, 6.45) is 1.96. The zero-order chi connectivity index (χ0) is 17.6. The Hall–Kier alpha value is -2.57. The molecule has 0 bridgehead atoms. The number of anilines is 3. The summed E-state index contributed by atoms with van der Waals surface area (Å²) in [4.78, 5) is 17.3. The number of benzene rings is 1. The Morgan fingerprint density at radius 3 is 2.84 bits per heavy atom. The quantitative estimate of drug-likeness (QED) is 0.655. The summed E-state index contributed by atoms with van der Waals surface area (Å²) >= 11 is 7.58. The van der Waals surface area contributed by atoms with E-state index in [1.165, 1.54) is 0 Å². The van der Waals surface area contributed by atoms with Gasteiger partial charge in [-0.15, -0.1) is 11.3 Å². The first-order valence-corrected chi connectivity index (χ1v) is 8.78. The van der Waals surface area contributed by atoms with Crippen LogP contribution in [0.3, 0.4) is 0 Å². The second kappa shape index (κ2) is 8.00. The van der Waals surface area contributed by atoms with Gasteiger partial charge in [-0.05, 0) is 41.8 Å². The van der Waals surface area contributed by atoms with E-state index >= 15 is 0 Å². The third-order valence-electron chi connectivity index (χ3n) is 3.39. The highest BCUT2D eigenvalue weighted by molar-refractivity contribution is 7.10. The molecule has 0 saturated heterocycles. The second-order valence-electron chi connectivity index (χ2n) is 5.21. The van der Waals surface area contributed by atoms with Gasteiger partial charge in [0.15, 0.2) is 0 Å². The highest BCUT2D eigenvalue weighted by Crippen LogP contribution is 2.30. The number of hydrogen-bond acceptors (Lipinski definition) is 5. The van der Waals surface area contributed by atoms with Gasteiger partial charge < -0.3 is 15.4 Å². The van der Waals surface area contributed by atoms with Gasteiger partial charge in [0, 0.05) is 9.90 Å². The third-order valence-corrected chi connectivity index (χ3v) is 4.50. The number of pyridine rings is 1. The SMILES string of the molecule is COc1ccc(Cl)cc1Nc1ccc(NC(=O)Cc2cccs2)cn1. The van der Waals surface area contributed by atoms with Crippen molar-refractivity contribution in [2.75, 3.05) is 17.7 Å². The monoisotopic (exact) mass is 373 g/mol. The lowest BCUT2D eigenvalue weighted by Gasteiger charge is -2.11. The number of carbonyl (C=O) groups excluding carboxylic acids is 1. The number of amides is 1. The van der Waals surface area contributed by atoms with Crippen LogP contribution >= 0.6 is 22.9 Å². The van der Waals surface area contributed by atoms with E-state index in [0.29, 0.717) is 28.7 Å². The van der Waals surface area contributed by atoms with Gasteiger partial charge in [0.05, 0.1) is 31.1 Å². The fourth-order valence-electron chi connectivity index (χ4n) is 2.23. The van der Waals surface area contributed by atoms with E-state index < -0.39 is 0 Å². The molecule has 2 N–H and O–H groups in total. The van der Waals surface area contributed by atoms with Crippen LogP contribution in [0.2, 0.25) is 5.02 Å². The maximum atomic E-state index is 12.0. The van der Waals surface area contributed by atoms with Crippen LogP contribution in [0.1, 0.15) is 4.88 Å². The van der Waals surface area contributed by atoms with E-state index in [-0.39, 0.29) is 5.91 Å². The highest BCUT2D eigenvalue weighted by atomic mass is 35.5. The number of carbonyl (C=O) groups is 1. The van der Waals surface area contributed by atoms with Gasteiger partial charge in [0.2, 0.25) is 5.91 Å². The van der Waals surface area contributed by atoms with Crippen molar-refractivity contribution in [2.45, 2.75) is 6.42 Å². The summed E-state index contributed by atoms with van der Waals surface area (Å²) in [5.74, 6) is 1.22. The van der Waals surface area contributed by atoms with Crippen LogP contribution in [0.5, 0.6) is 5.75 Å². The zero-order valence-corrected chi connectivity index (χ0v) is 15.0. The first-order chi connectivity index (χ1) is 12.1. The maximum absolute atomic E-state index is 12.0. The van der Waals surface area contributed by atoms with Crippen LogP contribution in [-0.4, -0.2) is 18.0 Å². The molecule has 0 fully saturated rings. The van der Waals surface area contributed by atoms with Gasteiger partial charge >= 0.3 is 0 Å². The maximum Gasteiger partial charge on any atom is 0.229 e. The molecular weight excluding hydrogens is 358 g/mol. The normalized spacial score (nSPS) is 10.3. The van der Waals surface area contributed by atoms with Crippen LogP contribution in [0.25, 0.3) is 0 Å². The molecule has 5 nitrogen and oxygen atoms in total. The highest BCUT2D eigenvalue weighted by Gasteiger charge is 2.07. The van der Waals surface area contributed by atoms with Crippen molar-refractivity contribution >= 4 is 46.0 Å². The molecule has 0 aliphatic heterocycles. The number of nitrogens with one attached hydrogen (secondary N) is 2. The Balaban J connectivity index is 1.64. The van der Waals surface area contributed by atoms with Crippen LogP contribution in [0.15, 0.2) is 54.0 Å². The van der Waals surface area contributed by atoms with Gasteiger partial charge in [-0.2, -0.15) is 0 Å². The molecule has 2 aromatic heterocycles. The molecule has 0 unspecified atom stereocenters. The predicted octanol–water partition coefficient (Wildman–Crippen LogP) is 4.73. The Morgan fingerprint density at radius 2 is 2.16 bits per heavy atom. The van der Waals surface area contributed by atoms with Crippen molar-refractivity contribution in [3.8, 4) is 5.75 Å². The van der Waals surface area contributed by atoms with Gasteiger partial charge in [-0.1, -0.05) is 17.7 Å². The molecule has 0 atom stereocenters. The van der Waals surface area contributed by atoms with Crippen molar-refractivity contribution in [1.82, 2.24) is 4.98 Å². The summed E-state index contributed by atoms with van der Waals surface area (Å²) < 4.78 is 5.29. The minimum Gasteiger partial charge on any atom is -0.495 e. The molecule has 2 heterocycles. The fraction of sp³-hybridized carbons (Fsp3) is 0.111. The first kappa shape index (κ1) is 17.3. The average molecular weight is 374 g/mol. The van der Waals surface area contributed by atoms with Gasteiger partial charge in [-0.3, -0.25) is 4.79 Å². The van der Waals surface area contributed by atoms with Crippen LogP contribution in [-0.2, 0) is 11.2 Å². The van der Waals surface area contributed by atoms with Crippen LogP contribution < -0.4 is 15.4 Å². The molecule has 128 valence electrons. The lowest BCUT2D eigenvalue weighted by molar-refractivity contribution is -0.115. The molecule has 1 amide bonds. The lowest BCUT2D eigenvalue weighted by atomic mass is 10.3. The summed E-state index contributed by atoms with van der Waals surface area (Å²) in [6, 6.07) is 12.7. The lowest BCUT2D eigenvalue weighted by Crippen LogP contribution is -2.13. The van der Waals surface area contributed by atoms with Crippen LogP contribution in [0.4, 0.5) is 17.2 Å². The van der Waals surface area contributed by atoms with Crippen molar-refractivity contribution in [1.29, 1.82) is 0 Å². The molecule has 0 aliphatic carbocycles. The molecule has 3 rings (SSSR count). The summed E-state index contributed by atoms with van der Waals surface area (Å²) in [5.41, 5.74) is 1.36. The smallest absolute Gasteiger partial charge is 0.229 e. The Bertz CT molecular complexity index is 851. The van der Waals surface area contributed by atoms with Gasteiger partial charge in [0.1, 0.15) is 11.6 Å². The zero-order valence-electron chi connectivity index (χ0n) is 13.5. The Kier molecular flexibility index (Phi) is 5.53. The first-order valence-electron chi connectivity index (χ1n) is 7.53. The largest absolute Gasteiger partial charge is 0.495 e. The molecule has 0 spiro atoms. The van der Waals surface area contributed by atoms with Gasteiger partial charge in [-0.25, -0.2) is 4.98 Å². The standard InChI is InChI=1S/C18H16ClN3O2S/c1-24-16-6-4-12(19)9-15(16)22-17-7-5-13(11-20-17)21-18(23)10-14-3-2-8-25-14/h2-9,11H,10H2,1H3,(H,20,22)(H,21,23). The number of halogens is 1. The minimum atomic E-state index is -0.0681. The fourth-order valence-corrected chi connectivity index (χ4v) is 3.11. The summed E-state index contributed by atoms with van der Waals surface area (Å²) in [7, 11) is 1.59. The summed E-state index contributed by atoms with van der Waals surface area (Å²) in [6.45, 7) is 0. The number of hydrogen-bond donors (Lipinski definition) is 2. The number of methoxy groups -OCH3 is 1. The number of rotatable bonds is 6. The molecule has 0 aliphatic rings. The van der Waals surface area contributed by atoms with Crippen molar-refractivity contribution in [2.24, 2.45) is 0 Å². The number of aromatic nitrogens is 1. The molecule has 25 heavy (non-hydrogen) atoms. The minimum absolute atomic E-state index is 0.0681. The average Bonchev–Trinajstić information content (AvgIpc) is 3.10. The van der Waals surface area contributed by atoms with E-state index in [2.05, 4.69) is 15.6 Å². The molecule has 0 radical (unpaired) electrons. The summed E-state index contributed by atoms with van der Waals surface area (Å²) in [5, 5.41) is 8.54. The van der Waals surface area contributed by atoms with E-state index in [1.807, 2.05) is 17.5 Å². The van der Waals surface area contributed by atoms with Gasteiger partial charge in [0.25, 0.3) is 0 Å². The number of nitrogens with zero attached hydrogens (tertiary/aromatic N) is 1. The number of thiophene rings is 1. The topological polar surface area (TPSA) is 63.2 Å². The van der Waals surface area contributed by atoms with E-state index in [0.717, 1.165) is 10.6 Å². The molecule has 7 heteroatoms.